The zero-order valence-electron chi connectivity index (χ0n) is 23.9. The number of halogens is 1. The maximum absolute atomic E-state index is 6.24. The van der Waals surface area contributed by atoms with Gasteiger partial charge in [0.25, 0.3) is 0 Å². The third-order valence-electron chi connectivity index (χ3n) is 8.01. The molecular formula is C31H36ClN10+. The minimum Gasteiger partial charge on any atom is -0.386 e. The van der Waals surface area contributed by atoms with Crippen molar-refractivity contribution in [1.29, 1.82) is 0 Å². The summed E-state index contributed by atoms with van der Waals surface area (Å²) in [7, 11) is 3.75. The Hall–Kier alpha value is -4.41. The van der Waals surface area contributed by atoms with Crippen molar-refractivity contribution >= 4 is 34.7 Å². The predicted octanol–water partition coefficient (Wildman–Crippen LogP) is 3.64. The van der Waals surface area contributed by atoms with Crippen molar-refractivity contribution in [3.05, 3.63) is 96.3 Å². The second kappa shape index (κ2) is 11.8. The van der Waals surface area contributed by atoms with E-state index in [1.807, 2.05) is 38.4 Å². The van der Waals surface area contributed by atoms with Gasteiger partial charge in [0.2, 0.25) is 6.33 Å². The Morgan fingerprint density at radius 3 is 2.52 bits per heavy atom. The van der Waals surface area contributed by atoms with E-state index < -0.39 is 0 Å². The molecule has 42 heavy (non-hydrogen) atoms. The molecule has 6 rings (SSSR count). The standard InChI is InChI=1S/C31H36ClN10/c1-21(33)35-20-42(29-28(34-2)14-13-27(37-29)23-7-5-4-6-8-23)24-11-9-22(10-12-24)16-40-17-26-15-25(40)18-41(26)31-36-19-39(3)30(32)38-31/h4-14,19,25-26,34-35H,1,15-18,20,33H2,2-3H3/q+1/t25-,26-/m1/s1. The number of likely N-dealkylation sites (tertiary alicyclic amines) is 1. The molecular weight excluding hydrogens is 548 g/mol. The fourth-order valence-electron chi connectivity index (χ4n) is 5.81. The third kappa shape index (κ3) is 5.68. The molecule has 0 spiro atoms. The zero-order valence-corrected chi connectivity index (χ0v) is 24.7. The van der Waals surface area contributed by atoms with Gasteiger partial charge in [-0.2, -0.15) is 0 Å². The summed E-state index contributed by atoms with van der Waals surface area (Å²) < 4.78 is 1.72. The lowest BCUT2D eigenvalue weighted by Crippen LogP contribution is -2.47. The average molecular weight is 584 g/mol. The van der Waals surface area contributed by atoms with E-state index in [1.54, 1.807) is 10.9 Å². The minimum atomic E-state index is 0.395. The quantitative estimate of drug-likeness (QED) is 0.191. The van der Waals surface area contributed by atoms with Gasteiger partial charge in [0.15, 0.2) is 5.82 Å². The smallest absolute Gasteiger partial charge is 0.378 e. The van der Waals surface area contributed by atoms with Gasteiger partial charge < -0.3 is 26.2 Å². The first-order valence-electron chi connectivity index (χ1n) is 14.1. The molecule has 11 heteroatoms. The SMILES string of the molecule is C=C(N)NCN(c1ccc(CN2C[C@H]3C[C@@H]2CN3c2nc[n+](C)c(Cl)n2)cc1)c1nc(-c2ccccc2)ccc1NC. The first-order valence-corrected chi connectivity index (χ1v) is 14.4. The summed E-state index contributed by atoms with van der Waals surface area (Å²) in [5.74, 6) is 1.92. The minimum absolute atomic E-state index is 0.395. The van der Waals surface area contributed by atoms with Crippen LogP contribution in [0.15, 0.2) is 85.5 Å². The number of hydrogen-bond donors (Lipinski definition) is 3. The Morgan fingerprint density at radius 2 is 1.86 bits per heavy atom. The molecule has 2 aliphatic heterocycles. The highest BCUT2D eigenvalue weighted by molar-refractivity contribution is 6.27. The van der Waals surface area contributed by atoms with Crippen molar-refractivity contribution in [3.8, 4) is 11.3 Å². The normalized spacial score (nSPS) is 17.8. The summed E-state index contributed by atoms with van der Waals surface area (Å²) in [5, 5.41) is 6.92. The summed E-state index contributed by atoms with van der Waals surface area (Å²) in [5.41, 5.74) is 11.0. The van der Waals surface area contributed by atoms with Gasteiger partial charge in [-0.1, -0.05) is 54.0 Å². The van der Waals surface area contributed by atoms with E-state index in [9.17, 15) is 0 Å². The number of aromatic nitrogens is 4. The highest BCUT2D eigenvalue weighted by Gasteiger charge is 2.45. The van der Waals surface area contributed by atoms with Gasteiger partial charge in [-0.05, 0) is 52.8 Å². The topological polar surface area (TPSA) is 102 Å². The lowest BCUT2D eigenvalue weighted by molar-refractivity contribution is -0.675. The van der Waals surface area contributed by atoms with Crippen molar-refractivity contribution in [2.45, 2.75) is 25.0 Å². The molecule has 0 radical (unpaired) electrons. The van der Waals surface area contributed by atoms with Crippen LogP contribution >= 0.6 is 11.6 Å². The number of rotatable bonds is 10. The van der Waals surface area contributed by atoms with E-state index >= 15 is 0 Å². The number of piperazine rings is 1. The number of anilines is 4. The second-order valence-corrected chi connectivity index (χ2v) is 11.1. The Balaban J connectivity index is 1.19. The van der Waals surface area contributed by atoms with Crippen molar-refractivity contribution in [1.82, 2.24) is 25.2 Å². The molecule has 0 unspecified atom stereocenters. The molecule has 0 saturated carbocycles. The van der Waals surface area contributed by atoms with Gasteiger partial charge >= 0.3 is 11.2 Å². The molecule has 2 aromatic carbocycles. The van der Waals surface area contributed by atoms with Crippen LogP contribution in [0, 0.1) is 0 Å². The van der Waals surface area contributed by atoms with Crippen LogP contribution in [0.4, 0.5) is 23.1 Å². The maximum Gasteiger partial charge on any atom is 0.378 e. The van der Waals surface area contributed by atoms with Crippen molar-refractivity contribution in [2.75, 3.05) is 41.9 Å². The number of nitrogens with zero attached hydrogens (tertiary/aromatic N) is 7. The van der Waals surface area contributed by atoms with Crippen LogP contribution in [0.25, 0.3) is 11.3 Å². The van der Waals surface area contributed by atoms with Crippen LogP contribution < -0.4 is 30.7 Å². The number of hydrogen-bond acceptors (Lipinski definition) is 9. The van der Waals surface area contributed by atoms with Crippen LogP contribution in [0.2, 0.25) is 5.28 Å². The summed E-state index contributed by atoms with van der Waals surface area (Å²) in [6.07, 6.45) is 2.84. The Kier molecular flexibility index (Phi) is 7.82. The first-order chi connectivity index (χ1) is 20.4. The molecule has 2 atom stereocenters. The van der Waals surface area contributed by atoms with Gasteiger partial charge in [0.05, 0.1) is 30.9 Å². The number of pyridine rings is 1. The molecule has 0 amide bonds. The lowest BCUT2D eigenvalue weighted by Gasteiger charge is -2.32. The Bertz CT molecular complexity index is 1560. The molecule has 2 aromatic heterocycles. The van der Waals surface area contributed by atoms with Gasteiger partial charge in [-0.3, -0.25) is 4.90 Å². The lowest BCUT2D eigenvalue weighted by atomic mass is 10.1. The van der Waals surface area contributed by atoms with Crippen molar-refractivity contribution in [2.24, 2.45) is 12.8 Å². The molecule has 4 heterocycles. The van der Waals surface area contributed by atoms with Gasteiger partial charge in [0, 0.05) is 50.0 Å². The molecule has 4 N–H and O–H groups in total. The summed E-state index contributed by atoms with van der Waals surface area (Å²) in [6, 6.07) is 23.8. The average Bonchev–Trinajstić information content (AvgIpc) is 3.60. The van der Waals surface area contributed by atoms with Gasteiger partial charge in [-0.15, -0.1) is 0 Å². The molecule has 216 valence electrons. The van der Waals surface area contributed by atoms with Gasteiger partial charge in [0.1, 0.15) is 0 Å². The molecule has 0 aliphatic carbocycles. The molecule has 4 aromatic rings. The first kappa shape index (κ1) is 27.7. The summed E-state index contributed by atoms with van der Waals surface area (Å²) in [4.78, 5) is 21.0. The number of nitrogens with two attached hydrogens (primary N) is 1. The highest BCUT2D eigenvalue weighted by atomic mass is 35.5. The van der Waals surface area contributed by atoms with E-state index in [0.717, 1.165) is 54.5 Å². The number of nitrogens with one attached hydrogen (secondary N) is 2. The monoisotopic (exact) mass is 583 g/mol. The van der Waals surface area contributed by atoms with Crippen molar-refractivity contribution in [3.63, 3.8) is 0 Å². The second-order valence-electron chi connectivity index (χ2n) is 10.8. The van der Waals surface area contributed by atoms with Crippen LogP contribution in [-0.2, 0) is 13.6 Å². The van der Waals surface area contributed by atoms with Gasteiger partial charge in [-0.25, -0.2) is 9.55 Å². The number of benzene rings is 2. The van der Waals surface area contributed by atoms with Crippen LogP contribution in [0.5, 0.6) is 0 Å². The maximum atomic E-state index is 6.24. The zero-order chi connectivity index (χ0) is 29.2. The molecule has 2 bridgehead atoms. The van der Waals surface area contributed by atoms with E-state index in [0.29, 0.717) is 35.8 Å². The molecule has 10 nitrogen and oxygen atoms in total. The van der Waals surface area contributed by atoms with E-state index in [1.165, 1.54) is 5.56 Å². The summed E-state index contributed by atoms with van der Waals surface area (Å²) >= 11 is 6.24. The van der Waals surface area contributed by atoms with E-state index in [2.05, 4.69) is 84.3 Å². The van der Waals surface area contributed by atoms with Crippen LogP contribution in [0.1, 0.15) is 12.0 Å². The Morgan fingerprint density at radius 1 is 1.07 bits per heavy atom. The Labute approximate surface area is 251 Å². The number of fused-ring (bicyclic) bond motifs is 2. The molecule has 2 aliphatic rings. The molecule has 2 fully saturated rings. The van der Waals surface area contributed by atoms with E-state index in [4.69, 9.17) is 22.3 Å². The van der Waals surface area contributed by atoms with E-state index in [-0.39, 0.29) is 0 Å². The summed E-state index contributed by atoms with van der Waals surface area (Å²) in [6.45, 7) is 7.02. The number of aryl methyl sites for hydroxylation is 1. The fraction of sp³-hybridized carbons (Fsp3) is 0.290. The van der Waals surface area contributed by atoms with Crippen LogP contribution in [0.3, 0.4) is 0 Å². The largest absolute Gasteiger partial charge is 0.386 e. The van der Waals surface area contributed by atoms with Crippen molar-refractivity contribution < 1.29 is 4.57 Å². The molecule has 2 saturated heterocycles. The third-order valence-corrected chi connectivity index (χ3v) is 8.36. The fourth-order valence-corrected chi connectivity index (χ4v) is 5.93. The highest BCUT2D eigenvalue weighted by Crippen LogP contribution is 2.35. The predicted molar refractivity (Wildman–Crippen MR) is 167 cm³/mol. The van der Waals surface area contributed by atoms with Crippen LogP contribution in [-0.4, -0.2) is 58.7 Å².